The second kappa shape index (κ2) is 17.3. The highest BCUT2D eigenvalue weighted by molar-refractivity contribution is 5.96. The van der Waals surface area contributed by atoms with Gasteiger partial charge in [0.25, 0.3) is 0 Å². The van der Waals surface area contributed by atoms with Crippen molar-refractivity contribution < 1.29 is 43.4 Å². The number of likely N-dealkylation sites (N-methyl/N-ethyl adjacent to an activating group) is 2. The van der Waals surface area contributed by atoms with Crippen LogP contribution < -0.4 is 11.5 Å². The standard InChI is InChI=1S/C46H54FN7O8/c1-27(2)37(50(5)43(59)60)39(55)52-25-7-23-45(52,41(48)57)31-13-9-29(10-14-31)35-21-22-36(54(35)34-19-17-33(47)18-20-34)30-11-15-32(16-12-30)46(42(49)58)24-8-26-53(46)40(56)38(28(3)4)51(6)44(61)62/h9-22,27-28,37-38H,7-8,23-26H2,1-6H3,(H2,48,57)(H2,49,58)(H,59,60)(H,61,62)/t37-,38-,45-,46-/m0/s1. The minimum Gasteiger partial charge on any atom is -0.465 e. The largest absolute Gasteiger partial charge is 0.465 e. The average molecular weight is 852 g/mol. The molecule has 3 aromatic carbocycles. The van der Waals surface area contributed by atoms with Crippen LogP contribution in [0.3, 0.4) is 0 Å². The van der Waals surface area contributed by atoms with Crippen LogP contribution in [0.25, 0.3) is 28.2 Å². The smallest absolute Gasteiger partial charge is 0.407 e. The lowest BCUT2D eigenvalue weighted by Crippen LogP contribution is -2.59. The number of aromatic nitrogens is 1. The number of carbonyl (C=O) groups is 6. The number of halogens is 1. The summed E-state index contributed by atoms with van der Waals surface area (Å²) in [6, 6.07) is 21.8. The third-order valence-corrected chi connectivity index (χ3v) is 12.6. The number of hydrogen-bond donors (Lipinski definition) is 4. The second-order valence-electron chi connectivity index (χ2n) is 16.9. The Kier molecular flexibility index (Phi) is 12.5. The number of rotatable bonds is 13. The third kappa shape index (κ3) is 7.62. The molecule has 15 nitrogen and oxygen atoms in total. The van der Waals surface area contributed by atoms with Gasteiger partial charge in [-0.15, -0.1) is 0 Å². The van der Waals surface area contributed by atoms with Crippen LogP contribution in [0.15, 0.2) is 84.9 Å². The summed E-state index contributed by atoms with van der Waals surface area (Å²) in [6.07, 6.45) is -1.08. The molecule has 0 unspecified atom stereocenters. The predicted molar refractivity (Wildman–Crippen MR) is 229 cm³/mol. The molecule has 4 atom stereocenters. The summed E-state index contributed by atoms with van der Waals surface area (Å²) in [5.41, 5.74) is 13.6. The number of hydrogen-bond acceptors (Lipinski definition) is 6. The SMILES string of the molecule is CC(C)[C@@H](C(=O)N1CCC[C@@]1(C(N)=O)c1ccc(-c2ccc(-c3ccc([C@]4(C(N)=O)CCCN4C(=O)[C@H](C(C)C)N(C)C(=O)O)cc3)n2-c2ccc(F)cc2)cc1)N(C)C(=O)O. The van der Waals surface area contributed by atoms with Crippen LogP contribution in [0.1, 0.15) is 64.5 Å². The van der Waals surface area contributed by atoms with E-state index >= 15 is 0 Å². The highest BCUT2D eigenvalue weighted by Crippen LogP contribution is 2.43. The molecule has 0 radical (unpaired) electrons. The molecule has 6 N–H and O–H groups in total. The first kappa shape index (κ1) is 44.8. The van der Waals surface area contributed by atoms with Crippen LogP contribution in [0.5, 0.6) is 0 Å². The van der Waals surface area contributed by atoms with Gasteiger partial charge in [0, 0.05) is 32.9 Å². The summed E-state index contributed by atoms with van der Waals surface area (Å²) in [5.74, 6) is -3.68. The number of nitrogens with zero attached hydrogens (tertiary/aromatic N) is 5. The molecule has 1 aromatic heterocycles. The average Bonchev–Trinajstić information content (AvgIpc) is 4.00. The number of nitrogens with two attached hydrogens (primary N) is 2. The molecule has 0 bridgehead atoms. The van der Waals surface area contributed by atoms with E-state index in [0.717, 1.165) is 9.80 Å². The molecule has 0 aliphatic carbocycles. The molecular formula is C46H54FN7O8. The summed E-state index contributed by atoms with van der Waals surface area (Å²) in [6.45, 7) is 7.41. The molecule has 4 aromatic rings. The number of likely N-dealkylation sites (tertiary alicyclic amines) is 2. The van der Waals surface area contributed by atoms with E-state index in [0.29, 0.717) is 52.2 Å². The summed E-state index contributed by atoms with van der Waals surface area (Å²) in [4.78, 5) is 83.7. The Hall–Kier alpha value is -6.71. The van der Waals surface area contributed by atoms with E-state index in [1.54, 1.807) is 88.4 Å². The molecular weight excluding hydrogens is 798 g/mol. The van der Waals surface area contributed by atoms with Crippen molar-refractivity contribution in [2.75, 3.05) is 27.2 Å². The van der Waals surface area contributed by atoms with E-state index in [1.807, 2.05) is 16.7 Å². The van der Waals surface area contributed by atoms with E-state index in [1.165, 1.54) is 36.0 Å². The molecule has 16 heteroatoms. The van der Waals surface area contributed by atoms with E-state index < -0.39 is 64.8 Å². The van der Waals surface area contributed by atoms with Gasteiger partial charge >= 0.3 is 12.2 Å². The van der Waals surface area contributed by atoms with Crippen molar-refractivity contribution in [3.05, 3.63) is 102 Å². The van der Waals surface area contributed by atoms with Crippen LogP contribution >= 0.6 is 0 Å². The molecule has 62 heavy (non-hydrogen) atoms. The number of primary amides is 2. The van der Waals surface area contributed by atoms with Crippen molar-refractivity contribution in [1.29, 1.82) is 0 Å². The maximum Gasteiger partial charge on any atom is 0.407 e. The topological polar surface area (TPSA) is 213 Å². The lowest BCUT2D eigenvalue weighted by molar-refractivity contribution is -0.148. The molecule has 6 rings (SSSR count). The Bertz CT molecular complexity index is 2220. The first-order chi connectivity index (χ1) is 29.3. The Morgan fingerprint density at radius 2 is 0.952 bits per heavy atom. The van der Waals surface area contributed by atoms with E-state index in [2.05, 4.69) is 0 Å². The number of benzene rings is 3. The second-order valence-corrected chi connectivity index (χ2v) is 16.9. The van der Waals surface area contributed by atoms with E-state index in [9.17, 15) is 43.4 Å². The third-order valence-electron chi connectivity index (χ3n) is 12.6. The quantitative estimate of drug-likeness (QED) is 0.128. The van der Waals surface area contributed by atoms with Crippen molar-refractivity contribution >= 4 is 35.8 Å². The molecule has 2 aliphatic rings. The minimum atomic E-state index is -1.52. The van der Waals surface area contributed by atoms with Crippen LogP contribution in [0, 0.1) is 17.7 Å². The summed E-state index contributed by atoms with van der Waals surface area (Å²) in [5, 5.41) is 19.5. The highest BCUT2D eigenvalue weighted by Gasteiger charge is 2.53. The van der Waals surface area contributed by atoms with Gasteiger partial charge in [-0.25, -0.2) is 14.0 Å². The highest BCUT2D eigenvalue weighted by atomic mass is 19.1. The van der Waals surface area contributed by atoms with Crippen molar-refractivity contribution in [1.82, 2.24) is 24.2 Å². The molecule has 2 aliphatic heterocycles. The van der Waals surface area contributed by atoms with Crippen molar-refractivity contribution in [2.24, 2.45) is 23.3 Å². The van der Waals surface area contributed by atoms with Gasteiger partial charge in [-0.1, -0.05) is 76.2 Å². The van der Waals surface area contributed by atoms with Crippen molar-refractivity contribution in [3.63, 3.8) is 0 Å². The number of amides is 6. The lowest BCUT2D eigenvalue weighted by atomic mass is 9.84. The summed E-state index contributed by atoms with van der Waals surface area (Å²) in [7, 11) is 2.66. The molecule has 3 heterocycles. The van der Waals surface area contributed by atoms with Gasteiger partial charge in [0.05, 0.1) is 11.4 Å². The predicted octanol–water partition coefficient (Wildman–Crippen LogP) is 5.83. The van der Waals surface area contributed by atoms with Crippen LogP contribution in [-0.2, 0) is 30.3 Å². The molecule has 2 saturated heterocycles. The van der Waals surface area contributed by atoms with E-state index in [-0.39, 0.29) is 37.8 Å². The van der Waals surface area contributed by atoms with Crippen molar-refractivity contribution in [2.45, 2.75) is 76.5 Å². The first-order valence-corrected chi connectivity index (χ1v) is 20.6. The fourth-order valence-electron chi connectivity index (χ4n) is 9.57. The van der Waals surface area contributed by atoms with Gasteiger partial charge in [0.2, 0.25) is 23.6 Å². The van der Waals surface area contributed by atoms with Gasteiger partial charge in [-0.05, 0) is 96.2 Å². The van der Waals surface area contributed by atoms with Crippen LogP contribution in [-0.4, -0.2) is 109 Å². The van der Waals surface area contributed by atoms with Crippen LogP contribution in [0.4, 0.5) is 14.0 Å². The maximum absolute atomic E-state index is 14.3. The zero-order chi connectivity index (χ0) is 45.4. The van der Waals surface area contributed by atoms with Crippen molar-refractivity contribution in [3.8, 4) is 28.2 Å². The Labute approximate surface area is 359 Å². The zero-order valence-corrected chi connectivity index (χ0v) is 35.7. The van der Waals surface area contributed by atoms with E-state index in [4.69, 9.17) is 11.5 Å². The van der Waals surface area contributed by atoms with Gasteiger partial charge < -0.3 is 36.0 Å². The first-order valence-electron chi connectivity index (χ1n) is 20.6. The zero-order valence-electron chi connectivity index (χ0n) is 35.7. The Morgan fingerprint density at radius 3 is 1.26 bits per heavy atom. The molecule has 6 amide bonds. The number of carboxylic acid groups (broad SMARTS) is 2. The van der Waals surface area contributed by atoms with Gasteiger partial charge in [0.1, 0.15) is 29.0 Å². The molecule has 2 fully saturated rings. The Morgan fingerprint density at radius 1 is 0.597 bits per heavy atom. The lowest BCUT2D eigenvalue weighted by Gasteiger charge is -2.40. The minimum absolute atomic E-state index is 0.213. The monoisotopic (exact) mass is 851 g/mol. The van der Waals surface area contributed by atoms with Crippen LogP contribution in [0.2, 0.25) is 0 Å². The fourth-order valence-corrected chi connectivity index (χ4v) is 9.57. The Balaban J connectivity index is 1.39. The summed E-state index contributed by atoms with van der Waals surface area (Å²) >= 11 is 0. The maximum atomic E-state index is 14.3. The van der Waals surface area contributed by atoms with Gasteiger partial charge in [-0.3, -0.25) is 29.0 Å². The van der Waals surface area contributed by atoms with Gasteiger partial charge in [-0.2, -0.15) is 0 Å². The fraction of sp³-hybridized carbons (Fsp3) is 0.391. The molecule has 0 saturated carbocycles. The number of carbonyl (C=O) groups excluding carboxylic acids is 4. The molecule has 328 valence electrons. The van der Waals surface area contributed by atoms with Gasteiger partial charge in [0.15, 0.2) is 0 Å². The normalized spacial score (nSPS) is 19.7. The molecule has 0 spiro atoms. The summed E-state index contributed by atoms with van der Waals surface area (Å²) < 4.78 is 16.2.